The molecule has 0 radical (unpaired) electrons. The largest absolute Gasteiger partial charge is 0.488 e. The molecule has 0 spiro atoms. The normalized spacial score (nSPS) is 12.6. The van der Waals surface area contributed by atoms with Crippen molar-refractivity contribution in [2.24, 2.45) is 0 Å². The summed E-state index contributed by atoms with van der Waals surface area (Å²) in [6.07, 6.45) is 19.9. The van der Waals surface area contributed by atoms with E-state index in [0.29, 0.717) is 33.0 Å². The van der Waals surface area contributed by atoms with E-state index < -0.39 is 7.82 Å². The van der Waals surface area contributed by atoms with Crippen molar-refractivity contribution in [3.8, 4) is 5.75 Å². The van der Waals surface area contributed by atoms with Crippen molar-refractivity contribution in [1.82, 2.24) is 0 Å². The van der Waals surface area contributed by atoms with Crippen molar-refractivity contribution < 1.29 is 37.8 Å². The van der Waals surface area contributed by atoms with Gasteiger partial charge in [0.15, 0.2) is 0 Å². The molecule has 0 aromatic heterocycles. The predicted octanol–water partition coefficient (Wildman–Crippen LogP) is 7.46. The molecule has 0 saturated carbocycles. The maximum absolute atomic E-state index is 10.6. The molecule has 2 N–H and O–H groups in total. The third kappa shape index (κ3) is 25.7. The zero-order chi connectivity index (χ0) is 28.3. The van der Waals surface area contributed by atoms with Gasteiger partial charge in [-0.05, 0) is 25.0 Å². The number of hydrogen-bond donors (Lipinski definition) is 2. The van der Waals surface area contributed by atoms with Crippen molar-refractivity contribution in [3.05, 3.63) is 30.3 Å². The molecule has 0 fully saturated rings. The Bertz CT molecular complexity index is 685. The van der Waals surface area contributed by atoms with Gasteiger partial charge in [-0.25, -0.2) is 4.57 Å². The van der Waals surface area contributed by atoms with Crippen LogP contribution < -0.4 is 4.74 Å². The lowest BCUT2D eigenvalue weighted by atomic mass is 10.0. The van der Waals surface area contributed by atoms with E-state index >= 15 is 0 Å². The van der Waals surface area contributed by atoms with Gasteiger partial charge >= 0.3 is 7.82 Å². The number of ether oxygens (including phenoxy) is 4. The van der Waals surface area contributed by atoms with Gasteiger partial charge in [0.25, 0.3) is 0 Å². The van der Waals surface area contributed by atoms with E-state index in [9.17, 15) is 4.57 Å². The summed E-state index contributed by atoms with van der Waals surface area (Å²) in [5.41, 5.74) is 0. The Morgan fingerprint density at radius 3 is 1.62 bits per heavy atom. The second-order valence-electron chi connectivity index (χ2n) is 10.1. The number of phosphoric acid groups is 1. The third-order valence-corrected chi connectivity index (χ3v) is 6.98. The molecule has 9 heteroatoms. The van der Waals surface area contributed by atoms with Gasteiger partial charge in [0.1, 0.15) is 11.9 Å². The molecule has 1 unspecified atom stereocenters. The minimum atomic E-state index is -4.43. The van der Waals surface area contributed by atoms with Crippen molar-refractivity contribution in [1.29, 1.82) is 0 Å². The quantitative estimate of drug-likeness (QED) is 0.0750. The summed E-state index contributed by atoms with van der Waals surface area (Å²) in [4.78, 5) is 17.2. The maximum atomic E-state index is 10.6. The van der Waals surface area contributed by atoms with Crippen LogP contribution in [0.5, 0.6) is 5.75 Å². The first-order chi connectivity index (χ1) is 19.0. The summed E-state index contributed by atoms with van der Waals surface area (Å²) in [7, 11) is -4.43. The molecule has 0 aliphatic rings. The van der Waals surface area contributed by atoms with E-state index in [4.69, 9.17) is 28.7 Å². The fourth-order valence-electron chi connectivity index (χ4n) is 4.30. The first-order valence-electron chi connectivity index (χ1n) is 15.2. The van der Waals surface area contributed by atoms with Crippen LogP contribution in [0.25, 0.3) is 0 Å². The first-order valence-corrected chi connectivity index (χ1v) is 16.7. The lowest BCUT2D eigenvalue weighted by molar-refractivity contribution is -0.00956. The highest BCUT2D eigenvalue weighted by molar-refractivity contribution is 7.46. The Kier molecular flexibility index (Phi) is 24.0. The molecule has 0 aliphatic carbocycles. The molecule has 0 amide bonds. The third-order valence-electron chi connectivity index (χ3n) is 6.46. The molecule has 1 aromatic rings. The molecular formula is C30H55O8P. The van der Waals surface area contributed by atoms with Crippen LogP contribution in [0.3, 0.4) is 0 Å². The Morgan fingerprint density at radius 2 is 1.10 bits per heavy atom. The molecule has 8 nitrogen and oxygen atoms in total. The number of hydrogen-bond acceptors (Lipinski definition) is 6. The summed E-state index contributed by atoms with van der Waals surface area (Å²) in [5.74, 6) is 0.868. The zero-order valence-electron chi connectivity index (χ0n) is 24.3. The van der Waals surface area contributed by atoms with Gasteiger partial charge in [-0.3, -0.25) is 4.52 Å². The minimum absolute atomic E-state index is 0.0158. The Morgan fingerprint density at radius 1 is 0.641 bits per heavy atom. The van der Waals surface area contributed by atoms with Crippen molar-refractivity contribution in [2.75, 3.05) is 46.2 Å². The van der Waals surface area contributed by atoms with Crippen LogP contribution in [-0.2, 0) is 23.3 Å². The molecule has 0 saturated heterocycles. The van der Waals surface area contributed by atoms with E-state index in [-0.39, 0.29) is 19.3 Å². The molecule has 0 heterocycles. The van der Waals surface area contributed by atoms with E-state index in [1.165, 1.54) is 83.5 Å². The van der Waals surface area contributed by atoms with E-state index in [2.05, 4.69) is 11.4 Å². The SMILES string of the molecule is CCCCCCCCCCCCCCCCC(COCCOCCOCCOP(=O)(O)O)Oc1ccccc1. The van der Waals surface area contributed by atoms with Gasteiger partial charge in [0.05, 0.1) is 46.2 Å². The molecule has 1 atom stereocenters. The standard InChI is InChI=1S/C30H55O8P/c1-2-3-4-5-6-7-8-9-10-11-12-13-14-16-21-30(38-29-19-17-15-18-20-29)28-36-25-24-34-22-23-35-26-27-37-39(31,32)33/h15,17-20,30H,2-14,16,21-28H2,1H3,(H2,31,32,33). The monoisotopic (exact) mass is 574 g/mol. The van der Waals surface area contributed by atoms with E-state index in [1.807, 2.05) is 30.3 Å². The average molecular weight is 575 g/mol. The molecule has 0 bridgehead atoms. The van der Waals surface area contributed by atoms with Crippen LogP contribution in [-0.4, -0.2) is 62.1 Å². The van der Waals surface area contributed by atoms with Crippen LogP contribution in [0.2, 0.25) is 0 Å². The van der Waals surface area contributed by atoms with Gasteiger partial charge < -0.3 is 28.7 Å². The minimum Gasteiger partial charge on any atom is -0.488 e. The summed E-state index contributed by atoms with van der Waals surface area (Å²) >= 11 is 0. The fraction of sp³-hybridized carbons (Fsp3) is 0.800. The van der Waals surface area contributed by atoms with E-state index in [0.717, 1.165) is 18.6 Å². The van der Waals surface area contributed by atoms with Crippen molar-refractivity contribution in [2.45, 2.75) is 109 Å². The Balaban J connectivity index is 2.05. The lowest BCUT2D eigenvalue weighted by Crippen LogP contribution is -2.24. The Hall–Kier alpha value is -0.990. The number of benzene rings is 1. The molecule has 228 valence electrons. The Labute approximate surface area is 237 Å². The highest BCUT2D eigenvalue weighted by Crippen LogP contribution is 2.35. The smallest absolute Gasteiger partial charge is 0.469 e. The highest BCUT2D eigenvalue weighted by atomic mass is 31.2. The molecule has 1 rings (SSSR count). The summed E-state index contributed by atoms with van der Waals surface area (Å²) in [6, 6.07) is 9.90. The van der Waals surface area contributed by atoms with Crippen LogP contribution >= 0.6 is 7.82 Å². The number of rotatable bonds is 29. The maximum Gasteiger partial charge on any atom is 0.469 e. The molecular weight excluding hydrogens is 519 g/mol. The van der Waals surface area contributed by atoms with Gasteiger partial charge in [-0.1, -0.05) is 109 Å². The van der Waals surface area contributed by atoms with E-state index in [1.54, 1.807) is 0 Å². The average Bonchev–Trinajstić information content (AvgIpc) is 2.91. The zero-order valence-corrected chi connectivity index (χ0v) is 25.2. The van der Waals surface area contributed by atoms with Crippen molar-refractivity contribution in [3.63, 3.8) is 0 Å². The fourth-order valence-corrected chi connectivity index (χ4v) is 4.62. The first kappa shape index (κ1) is 36.0. The van der Waals surface area contributed by atoms with Gasteiger partial charge in [-0.2, -0.15) is 0 Å². The molecule has 0 aliphatic heterocycles. The van der Waals surface area contributed by atoms with Gasteiger partial charge in [-0.15, -0.1) is 0 Å². The molecule has 1 aromatic carbocycles. The summed E-state index contributed by atoms with van der Waals surface area (Å²) in [5, 5.41) is 0. The van der Waals surface area contributed by atoms with Crippen LogP contribution in [0.4, 0.5) is 0 Å². The predicted molar refractivity (Wildman–Crippen MR) is 156 cm³/mol. The number of unbranched alkanes of at least 4 members (excludes halogenated alkanes) is 13. The molecule has 39 heavy (non-hydrogen) atoms. The van der Waals surface area contributed by atoms with Gasteiger partial charge in [0, 0.05) is 0 Å². The number of phosphoric ester groups is 1. The van der Waals surface area contributed by atoms with Crippen molar-refractivity contribution >= 4 is 7.82 Å². The number of para-hydroxylation sites is 1. The van der Waals surface area contributed by atoms with Crippen LogP contribution in [0, 0.1) is 0 Å². The van der Waals surface area contributed by atoms with Crippen LogP contribution in [0.15, 0.2) is 30.3 Å². The summed E-state index contributed by atoms with van der Waals surface area (Å²) < 4.78 is 37.6. The topological polar surface area (TPSA) is 104 Å². The lowest BCUT2D eigenvalue weighted by Gasteiger charge is -2.19. The van der Waals surface area contributed by atoms with Crippen LogP contribution in [0.1, 0.15) is 103 Å². The second kappa shape index (κ2) is 25.9. The highest BCUT2D eigenvalue weighted by Gasteiger charge is 2.13. The summed E-state index contributed by atoms with van der Waals surface area (Å²) in [6.45, 7) is 4.35. The second-order valence-corrected chi connectivity index (χ2v) is 11.3. The van der Waals surface area contributed by atoms with Gasteiger partial charge in [0.2, 0.25) is 0 Å².